The zero-order valence-electron chi connectivity index (χ0n) is 15.9. The third kappa shape index (κ3) is 3.94. The lowest BCUT2D eigenvalue weighted by atomic mass is 10.0. The molecule has 4 rings (SSSR count). The molecule has 2 aromatic carbocycles. The van der Waals surface area contributed by atoms with Crippen molar-refractivity contribution < 1.29 is 14.0 Å². The number of rotatable bonds is 4. The fraction of sp³-hybridized carbons (Fsp3) is 0.238. The van der Waals surface area contributed by atoms with Crippen LogP contribution in [0.4, 0.5) is 19.9 Å². The molecule has 150 valence electrons. The monoisotopic (exact) mass is 412 g/mol. The maximum Gasteiger partial charge on any atom is 0.324 e. The summed E-state index contributed by atoms with van der Waals surface area (Å²) in [7, 11) is 0. The second-order valence-electron chi connectivity index (χ2n) is 6.98. The fourth-order valence-corrected chi connectivity index (χ4v) is 4.93. The number of thiophene rings is 1. The number of hydrogen-bond donors (Lipinski definition) is 3. The molecular formula is C21H21FN4O2S. The average Bonchev–Trinajstić information content (AvgIpc) is 3.04. The van der Waals surface area contributed by atoms with Crippen molar-refractivity contribution in [3.63, 3.8) is 0 Å². The molecule has 6 nitrogen and oxygen atoms in total. The van der Waals surface area contributed by atoms with Crippen LogP contribution >= 0.6 is 11.3 Å². The number of nitrogens with two attached hydrogens (primary N) is 1. The van der Waals surface area contributed by atoms with Gasteiger partial charge in [-0.3, -0.25) is 15.0 Å². The van der Waals surface area contributed by atoms with Gasteiger partial charge in [0.1, 0.15) is 10.8 Å². The summed E-state index contributed by atoms with van der Waals surface area (Å²) >= 11 is 1.40. The normalized spacial score (nSPS) is 13.9. The largest absolute Gasteiger partial charge is 0.365 e. The van der Waals surface area contributed by atoms with E-state index in [9.17, 15) is 14.0 Å². The Kier molecular flexibility index (Phi) is 5.21. The number of carbonyl (C=O) groups is 2. The van der Waals surface area contributed by atoms with Gasteiger partial charge in [-0.05, 0) is 53.6 Å². The summed E-state index contributed by atoms with van der Waals surface area (Å²) in [6, 6.07) is 9.23. The van der Waals surface area contributed by atoms with Crippen molar-refractivity contribution in [3.05, 3.63) is 58.2 Å². The maximum absolute atomic E-state index is 13.3. The Labute approximate surface area is 171 Å². The van der Waals surface area contributed by atoms with Crippen LogP contribution in [0.25, 0.3) is 10.8 Å². The van der Waals surface area contributed by atoms with Crippen LogP contribution in [0.15, 0.2) is 36.4 Å². The predicted molar refractivity (Wildman–Crippen MR) is 114 cm³/mol. The Morgan fingerprint density at radius 2 is 1.93 bits per heavy atom. The van der Waals surface area contributed by atoms with E-state index in [1.165, 1.54) is 23.5 Å². The lowest BCUT2D eigenvalue weighted by Gasteiger charge is -2.25. The van der Waals surface area contributed by atoms with Crippen LogP contribution in [0.3, 0.4) is 0 Å². The quantitative estimate of drug-likeness (QED) is 0.601. The Morgan fingerprint density at radius 3 is 2.69 bits per heavy atom. The molecule has 0 aliphatic carbocycles. The van der Waals surface area contributed by atoms with Crippen molar-refractivity contribution >= 4 is 44.7 Å². The molecule has 8 heteroatoms. The molecule has 0 unspecified atom stereocenters. The first-order valence-electron chi connectivity index (χ1n) is 9.38. The standard InChI is InChI=1S/C21H21FN4O2S/c1-2-26-8-7-16-17(11-26)29-20(18(16)19(23)27)25-21(28)24-15-6-4-12-9-14(22)5-3-13(12)10-15/h3-6,9-10H,2,7-8,11H2,1H3,(H2,23,27)(H2,24,25,28). The highest BCUT2D eigenvalue weighted by atomic mass is 32.1. The number of anilines is 2. The molecule has 0 saturated carbocycles. The van der Waals surface area contributed by atoms with E-state index in [0.717, 1.165) is 47.3 Å². The predicted octanol–water partition coefficient (Wildman–Crippen LogP) is 4.16. The molecular weight excluding hydrogens is 391 g/mol. The van der Waals surface area contributed by atoms with Gasteiger partial charge in [0.05, 0.1) is 5.56 Å². The van der Waals surface area contributed by atoms with Gasteiger partial charge >= 0.3 is 6.03 Å². The molecule has 0 bridgehead atoms. The Bertz CT molecular complexity index is 1110. The number of hydrogen-bond acceptors (Lipinski definition) is 4. The van der Waals surface area contributed by atoms with E-state index >= 15 is 0 Å². The average molecular weight is 412 g/mol. The Morgan fingerprint density at radius 1 is 1.17 bits per heavy atom. The minimum absolute atomic E-state index is 0.307. The number of primary amides is 1. The van der Waals surface area contributed by atoms with Crippen molar-refractivity contribution in [1.29, 1.82) is 0 Å². The van der Waals surface area contributed by atoms with E-state index in [4.69, 9.17) is 5.73 Å². The summed E-state index contributed by atoms with van der Waals surface area (Å²) in [6.45, 7) is 4.64. The molecule has 0 saturated heterocycles. The zero-order valence-corrected chi connectivity index (χ0v) is 16.7. The summed E-state index contributed by atoms with van der Waals surface area (Å²) in [4.78, 5) is 27.9. The number of nitrogens with one attached hydrogen (secondary N) is 2. The van der Waals surface area contributed by atoms with E-state index in [0.29, 0.717) is 16.3 Å². The van der Waals surface area contributed by atoms with Gasteiger partial charge in [0.15, 0.2) is 0 Å². The number of amides is 3. The molecule has 4 N–H and O–H groups in total. The molecule has 29 heavy (non-hydrogen) atoms. The minimum Gasteiger partial charge on any atom is -0.365 e. The Balaban J connectivity index is 1.55. The smallest absolute Gasteiger partial charge is 0.324 e. The van der Waals surface area contributed by atoms with E-state index in [1.807, 2.05) is 0 Å². The number of benzene rings is 2. The van der Waals surface area contributed by atoms with Crippen LogP contribution in [0.1, 0.15) is 27.7 Å². The first-order valence-corrected chi connectivity index (χ1v) is 10.2. The van der Waals surface area contributed by atoms with Crippen molar-refractivity contribution in [1.82, 2.24) is 4.90 Å². The van der Waals surface area contributed by atoms with Gasteiger partial charge < -0.3 is 11.1 Å². The second-order valence-corrected chi connectivity index (χ2v) is 8.08. The number of nitrogens with zero attached hydrogens (tertiary/aromatic N) is 1. The SMILES string of the molecule is CCN1CCc2c(sc(NC(=O)Nc3ccc4cc(F)ccc4c3)c2C(N)=O)C1. The third-order valence-corrected chi connectivity index (χ3v) is 6.25. The van der Waals surface area contributed by atoms with Crippen molar-refractivity contribution in [2.45, 2.75) is 19.9 Å². The Hall–Kier alpha value is -2.97. The molecule has 0 spiro atoms. The molecule has 1 aliphatic rings. The lowest BCUT2D eigenvalue weighted by Crippen LogP contribution is -2.30. The molecule has 0 fully saturated rings. The first-order chi connectivity index (χ1) is 13.9. The topological polar surface area (TPSA) is 87.5 Å². The van der Waals surface area contributed by atoms with Crippen molar-refractivity contribution in [3.8, 4) is 0 Å². The highest BCUT2D eigenvalue weighted by Crippen LogP contribution is 2.37. The maximum atomic E-state index is 13.3. The number of urea groups is 1. The summed E-state index contributed by atoms with van der Waals surface area (Å²) in [5.41, 5.74) is 7.52. The summed E-state index contributed by atoms with van der Waals surface area (Å²) < 4.78 is 13.3. The van der Waals surface area contributed by atoms with Gasteiger partial charge in [0.25, 0.3) is 5.91 Å². The first kappa shape index (κ1) is 19.4. The van der Waals surface area contributed by atoms with Crippen molar-refractivity contribution in [2.24, 2.45) is 5.73 Å². The summed E-state index contributed by atoms with van der Waals surface area (Å²) in [6.07, 6.45) is 0.739. The molecule has 0 radical (unpaired) electrons. The van der Waals surface area contributed by atoms with Gasteiger partial charge in [-0.2, -0.15) is 0 Å². The minimum atomic E-state index is -0.532. The van der Waals surface area contributed by atoms with Gasteiger partial charge in [0.2, 0.25) is 0 Å². The van der Waals surface area contributed by atoms with Crippen LogP contribution in [0.5, 0.6) is 0 Å². The number of carbonyl (C=O) groups excluding carboxylic acids is 2. The molecule has 1 aliphatic heterocycles. The van der Waals surface area contributed by atoms with E-state index in [2.05, 4.69) is 22.5 Å². The molecule has 3 aromatic rings. The molecule has 1 aromatic heterocycles. The molecule has 3 amide bonds. The fourth-order valence-electron chi connectivity index (χ4n) is 3.63. The van der Waals surface area contributed by atoms with Gasteiger partial charge in [-0.1, -0.05) is 19.1 Å². The number of likely N-dealkylation sites (N-methyl/N-ethyl adjacent to an activating group) is 1. The van der Waals surface area contributed by atoms with Crippen LogP contribution in [0.2, 0.25) is 0 Å². The van der Waals surface area contributed by atoms with Crippen LogP contribution in [0, 0.1) is 5.82 Å². The van der Waals surface area contributed by atoms with Gasteiger partial charge in [-0.25, -0.2) is 9.18 Å². The van der Waals surface area contributed by atoms with E-state index in [-0.39, 0.29) is 5.82 Å². The number of fused-ring (bicyclic) bond motifs is 2. The van der Waals surface area contributed by atoms with Gasteiger partial charge in [0, 0.05) is 23.7 Å². The lowest BCUT2D eigenvalue weighted by molar-refractivity contribution is 0.1000. The number of halogens is 1. The highest BCUT2D eigenvalue weighted by Gasteiger charge is 2.27. The van der Waals surface area contributed by atoms with Crippen LogP contribution in [-0.4, -0.2) is 29.9 Å². The van der Waals surface area contributed by atoms with E-state index < -0.39 is 11.9 Å². The van der Waals surface area contributed by atoms with Gasteiger partial charge in [-0.15, -0.1) is 11.3 Å². The summed E-state index contributed by atoms with van der Waals surface area (Å²) in [5, 5.41) is 7.58. The molecule has 2 heterocycles. The third-order valence-electron chi connectivity index (χ3n) is 5.12. The van der Waals surface area contributed by atoms with E-state index in [1.54, 1.807) is 24.3 Å². The van der Waals surface area contributed by atoms with Crippen LogP contribution in [-0.2, 0) is 13.0 Å². The molecule has 0 atom stereocenters. The van der Waals surface area contributed by atoms with Crippen LogP contribution < -0.4 is 16.4 Å². The summed E-state index contributed by atoms with van der Waals surface area (Å²) in [5.74, 6) is -0.839. The highest BCUT2D eigenvalue weighted by molar-refractivity contribution is 7.17. The second kappa shape index (κ2) is 7.81. The van der Waals surface area contributed by atoms with Crippen molar-refractivity contribution in [2.75, 3.05) is 23.7 Å². The zero-order chi connectivity index (χ0) is 20.5.